The summed E-state index contributed by atoms with van der Waals surface area (Å²) in [4.78, 5) is 19.6. The normalized spacial score (nSPS) is 22.8. The molecule has 1 fully saturated rings. The van der Waals surface area contributed by atoms with Crippen molar-refractivity contribution in [2.75, 3.05) is 13.2 Å². The second-order valence-corrected chi connectivity index (χ2v) is 3.47. The zero-order valence-corrected chi connectivity index (χ0v) is 9.60. The van der Waals surface area contributed by atoms with Crippen LogP contribution in [0.3, 0.4) is 0 Å². The van der Waals surface area contributed by atoms with E-state index in [-0.39, 0.29) is 6.04 Å². The van der Waals surface area contributed by atoms with E-state index in [0.29, 0.717) is 12.9 Å². The lowest BCUT2D eigenvalue weighted by Gasteiger charge is -2.27. The third kappa shape index (κ3) is 5.20. The molecule has 6 heteroatoms. The fourth-order valence-electron chi connectivity index (χ4n) is 1.49. The molecule has 3 N–H and O–H groups in total. The van der Waals surface area contributed by atoms with E-state index in [1.54, 1.807) is 6.92 Å². The van der Waals surface area contributed by atoms with Gasteiger partial charge in [0.1, 0.15) is 0 Å². The van der Waals surface area contributed by atoms with Crippen LogP contribution in [0.5, 0.6) is 0 Å². The number of hydrogen-bond acceptors (Lipinski definition) is 5. The molecular weight excluding hydrogens is 214 g/mol. The van der Waals surface area contributed by atoms with E-state index in [2.05, 4.69) is 5.32 Å². The Kier molecular flexibility index (Phi) is 6.87. The van der Waals surface area contributed by atoms with Crippen molar-refractivity contribution < 1.29 is 24.5 Å². The topological polar surface area (TPSA) is 95.9 Å². The summed E-state index contributed by atoms with van der Waals surface area (Å²) in [5.74, 6) is -2.45. The van der Waals surface area contributed by atoms with Crippen LogP contribution in [0.25, 0.3) is 0 Å². The molecule has 0 bridgehead atoms. The molecule has 0 amide bonds. The maximum atomic E-state index is 10.6. The second-order valence-electron chi connectivity index (χ2n) is 3.47. The minimum Gasteiger partial charge on any atom is -0.481 e. The van der Waals surface area contributed by atoms with Gasteiger partial charge >= 0.3 is 0 Å². The van der Waals surface area contributed by atoms with Crippen molar-refractivity contribution in [3.63, 3.8) is 0 Å². The molecule has 1 aliphatic rings. The number of aliphatic hydroxyl groups is 1. The van der Waals surface area contributed by atoms with Crippen LogP contribution in [0.2, 0.25) is 0 Å². The molecule has 0 spiro atoms. The third-order valence-corrected chi connectivity index (χ3v) is 2.10. The zero-order chi connectivity index (χ0) is 12.6. The van der Waals surface area contributed by atoms with Gasteiger partial charge in [0.2, 0.25) is 5.79 Å². The molecule has 6 nitrogen and oxygen atoms in total. The summed E-state index contributed by atoms with van der Waals surface area (Å²) < 4.78 is 4.99. The SMILES string of the molecule is CC(=O)O.CCOC(O)(C=O)C1CCCN1. The lowest BCUT2D eigenvalue weighted by molar-refractivity contribution is -0.203. The van der Waals surface area contributed by atoms with E-state index in [1.807, 2.05) is 0 Å². The van der Waals surface area contributed by atoms with Crippen LogP contribution in [-0.4, -0.2) is 47.4 Å². The van der Waals surface area contributed by atoms with Gasteiger partial charge in [-0.15, -0.1) is 0 Å². The predicted octanol–water partition coefficient (Wildman–Crippen LogP) is -0.247. The van der Waals surface area contributed by atoms with Crippen molar-refractivity contribution >= 4 is 12.3 Å². The molecule has 1 heterocycles. The lowest BCUT2D eigenvalue weighted by Crippen LogP contribution is -2.51. The highest BCUT2D eigenvalue weighted by Crippen LogP contribution is 2.18. The fourth-order valence-corrected chi connectivity index (χ4v) is 1.49. The Bertz CT molecular complexity index is 223. The van der Waals surface area contributed by atoms with E-state index >= 15 is 0 Å². The second kappa shape index (κ2) is 7.32. The maximum absolute atomic E-state index is 10.6. The van der Waals surface area contributed by atoms with Crippen LogP contribution in [0, 0.1) is 0 Å². The molecule has 0 radical (unpaired) electrons. The number of aliphatic carboxylic acids is 1. The molecule has 1 saturated heterocycles. The molecule has 94 valence electrons. The molecule has 16 heavy (non-hydrogen) atoms. The molecule has 1 aliphatic heterocycles. The van der Waals surface area contributed by atoms with E-state index in [1.165, 1.54) is 0 Å². The van der Waals surface area contributed by atoms with Gasteiger partial charge in [-0.2, -0.15) is 0 Å². The Labute approximate surface area is 94.6 Å². The summed E-state index contributed by atoms with van der Waals surface area (Å²) in [6.45, 7) is 4.02. The summed E-state index contributed by atoms with van der Waals surface area (Å²) >= 11 is 0. The van der Waals surface area contributed by atoms with Gasteiger partial charge in [0.15, 0.2) is 6.29 Å². The van der Waals surface area contributed by atoms with Crippen LogP contribution in [0.1, 0.15) is 26.7 Å². The Morgan fingerprint density at radius 3 is 2.56 bits per heavy atom. The van der Waals surface area contributed by atoms with Crippen LogP contribution >= 0.6 is 0 Å². The Balaban J connectivity index is 0.000000487. The van der Waals surface area contributed by atoms with Gasteiger partial charge in [-0.3, -0.25) is 9.59 Å². The van der Waals surface area contributed by atoms with Crippen molar-refractivity contribution in [1.82, 2.24) is 5.32 Å². The van der Waals surface area contributed by atoms with Crippen molar-refractivity contribution in [3.8, 4) is 0 Å². The van der Waals surface area contributed by atoms with Gasteiger partial charge in [-0.05, 0) is 26.3 Å². The van der Waals surface area contributed by atoms with E-state index in [0.717, 1.165) is 26.3 Å². The Morgan fingerprint density at radius 1 is 1.69 bits per heavy atom. The first-order valence-electron chi connectivity index (χ1n) is 5.21. The average molecular weight is 233 g/mol. The summed E-state index contributed by atoms with van der Waals surface area (Å²) in [7, 11) is 0. The van der Waals surface area contributed by atoms with E-state index in [4.69, 9.17) is 14.6 Å². The van der Waals surface area contributed by atoms with Gasteiger partial charge < -0.3 is 20.3 Å². The minimum atomic E-state index is -1.62. The highest BCUT2D eigenvalue weighted by atomic mass is 16.6. The molecule has 1 rings (SSSR count). The molecule has 0 aromatic carbocycles. The number of ether oxygens (including phenoxy) is 1. The number of carboxylic acids is 1. The molecule has 0 aliphatic carbocycles. The van der Waals surface area contributed by atoms with Crippen LogP contribution in [-0.2, 0) is 14.3 Å². The quantitative estimate of drug-likeness (QED) is 0.458. The van der Waals surface area contributed by atoms with Crippen molar-refractivity contribution in [3.05, 3.63) is 0 Å². The van der Waals surface area contributed by atoms with Crippen LogP contribution < -0.4 is 5.32 Å². The summed E-state index contributed by atoms with van der Waals surface area (Å²) in [6, 6.07) is -0.241. The van der Waals surface area contributed by atoms with Gasteiger partial charge in [0.05, 0.1) is 6.04 Å². The summed E-state index contributed by atoms with van der Waals surface area (Å²) in [6.07, 6.45) is 2.24. The lowest BCUT2D eigenvalue weighted by atomic mass is 10.1. The largest absolute Gasteiger partial charge is 0.481 e. The molecule has 2 atom stereocenters. The van der Waals surface area contributed by atoms with Crippen molar-refractivity contribution in [2.24, 2.45) is 0 Å². The first-order valence-corrected chi connectivity index (χ1v) is 5.21. The number of rotatable bonds is 4. The van der Waals surface area contributed by atoms with Crippen molar-refractivity contribution in [2.45, 2.75) is 38.5 Å². The molecular formula is C10H19NO5. The van der Waals surface area contributed by atoms with Crippen molar-refractivity contribution in [1.29, 1.82) is 0 Å². The maximum Gasteiger partial charge on any atom is 0.300 e. The number of nitrogens with one attached hydrogen (secondary N) is 1. The molecule has 0 aromatic heterocycles. The molecule has 0 aromatic rings. The first kappa shape index (κ1) is 15.0. The highest BCUT2D eigenvalue weighted by molar-refractivity contribution is 5.63. The van der Waals surface area contributed by atoms with Gasteiger partial charge in [0.25, 0.3) is 5.97 Å². The number of aldehydes is 1. The Hall–Kier alpha value is -0.980. The number of hydrogen-bond donors (Lipinski definition) is 3. The zero-order valence-electron chi connectivity index (χ0n) is 9.60. The summed E-state index contributed by atoms with van der Waals surface area (Å²) in [5, 5.41) is 20.1. The first-order chi connectivity index (χ1) is 7.46. The average Bonchev–Trinajstić information content (AvgIpc) is 2.70. The van der Waals surface area contributed by atoms with Crippen LogP contribution in [0.4, 0.5) is 0 Å². The standard InChI is InChI=1S/C8H15NO3.C2H4O2/c1-2-12-8(11,6-10)7-4-3-5-9-7;1-2(3)4/h6-7,9,11H,2-5H2,1H3;1H3,(H,3,4). The summed E-state index contributed by atoms with van der Waals surface area (Å²) in [5.41, 5.74) is 0. The van der Waals surface area contributed by atoms with E-state index < -0.39 is 11.8 Å². The Morgan fingerprint density at radius 2 is 2.25 bits per heavy atom. The molecule has 0 saturated carbocycles. The predicted molar refractivity (Wildman–Crippen MR) is 57.0 cm³/mol. The van der Waals surface area contributed by atoms with Crippen LogP contribution in [0.15, 0.2) is 0 Å². The highest BCUT2D eigenvalue weighted by Gasteiger charge is 2.38. The molecule has 2 unspecified atom stereocenters. The monoisotopic (exact) mass is 233 g/mol. The van der Waals surface area contributed by atoms with E-state index in [9.17, 15) is 9.90 Å². The smallest absolute Gasteiger partial charge is 0.300 e. The number of carboxylic acid groups (broad SMARTS) is 1. The minimum absolute atomic E-state index is 0.241. The third-order valence-electron chi connectivity index (χ3n) is 2.10. The van der Waals surface area contributed by atoms with Gasteiger partial charge in [-0.25, -0.2) is 0 Å². The number of carbonyl (C=O) groups is 2. The van der Waals surface area contributed by atoms with Gasteiger partial charge in [-0.1, -0.05) is 0 Å². The number of carbonyl (C=O) groups excluding carboxylic acids is 1. The fraction of sp³-hybridized carbons (Fsp3) is 0.800. The van der Waals surface area contributed by atoms with Gasteiger partial charge in [0, 0.05) is 13.5 Å².